The zero-order chi connectivity index (χ0) is 20.0. The van der Waals surface area contributed by atoms with Crippen LogP contribution in [-0.4, -0.2) is 25.0 Å². The Morgan fingerprint density at radius 2 is 1.81 bits per heavy atom. The highest BCUT2D eigenvalue weighted by molar-refractivity contribution is 7.99. The molecular weight excluding hydrogens is 390 g/mol. The lowest BCUT2D eigenvalue weighted by Gasteiger charge is -2.09. The van der Waals surface area contributed by atoms with E-state index in [0.717, 1.165) is 17.2 Å². The third-order valence-electron chi connectivity index (χ3n) is 3.63. The number of aryl methyl sites for hydroxylation is 2. The number of hydrogen-bond donors (Lipinski definition) is 2. The van der Waals surface area contributed by atoms with Gasteiger partial charge in [0.05, 0.1) is 15.6 Å². The predicted octanol–water partition coefficient (Wildman–Crippen LogP) is 2.45. The molecule has 0 aromatic heterocycles. The molecule has 2 rings (SSSR count). The summed E-state index contributed by atoms with van der Waals surface area (Å²) in [6.45, 7) is 3.49. The molecule has 1 amide bonds. The van der Waals surface area contributed by atoms with Gasteiger partial charge in [-0.25, -0.2) is 8.42 Å². The van der Waals surface area contributed by atoms with Crippen molar-refractivity contribution >= 4 is 33.4 Å². The highest BCUT2D eigenvalue weighted by Crippen LogP contribution is 2.21. The molecular formula is C17H19N3O5S2. The van der Waals surface area contributed by atoms with Crippen molar-refractivity contribution in [3.05, 3.63) is 69.3 Å². The zero-order valence-electron chi connectivity index (χ0n) is 14.8. The summed E-state index contributed by atoms with van der Waals surface area (Å²) in [7, 11) is -4.11. The first-order valence-corrected chi connectivity index (χ1v) is 10.5. The van der Waals surface area contributed by atoms with E-state index in [0.29, 0.717) is 11.3 Å². The molecule has 0 aliphatic carbocycles. The highest BCUT2D eigenvalue weighted by atomic mass is 32.2. The van der Waals surface area contributed by atoms with Crippen LogP contribution in [0, 0.1) is 24.0 Å². The normalized spacial score (nSPS) is 11.2. The largest absolute Gasteiger partial charge is 0.277 e. The van der Waals surface area contributed by atoms with Gasteiger partial charge >= 0.3 is 0 Å². The molecule has 2 aromatic carbocycles. The van der Waals surface area contributed by atoms with Crippen molar-refractivity contribution in [2.45, 2.75) is 24.5 Å². The third-order valence-corrected chi connectivity index (χ3v) is 5.88. The Morgan fingerprint density at radius 1 is 1.15 bits per heavy atom. The Bertz CT molecular complexity index is 944. The summed E-state index contributed by atoms with van der Waals surface area (Å²) in [5.41, 5.74) is 4.35. The van der Waals surface area contributed by atoms with Crippen LogP contribution in [0.25, 0.3) is 0 Å². The summed E-state index contributed by atoms with van der Waals surface area (Å²) in [4.78, 5) is 23.8. The molecule has 2 N–H and O–H groups in total. The minimum atomic E-state index is -4.11. The van der Waals surface area contributed by atoms with E-state index in [9.17, 15) is 23.3 Å². The van der Waals surface area contributed by atoms with Crippen LogP contribution in [0.3, 0.4) is 0 Å². The number of rotatable bonds is 8. The first kappa shape index (κ1) is 20.9. The van der Waals surface area contributed by atoms with Gasteiger partial charge in [-0.05, 0) is 25.5 Å². The van der Waals surface area contributed by atoms with Gasteiger partial charge in [0, 0.05) is 17.4 Å². The molecule has 0 aliphatic heterocycles. The van der Waals surface area contributed by atoms with Crippen molar-refractivity contribution in [3.8, 4) is 0 Å². The number of thioether (sulfide) groups is 1. The van der Waals surface area contributed by atoms with Crippen molar-refractivity contribution in [1.82, 2.24) is 10.3 Å². The monoisotopic (exact) mass is 409 g/mol. The molecule has 0 fully saturated rings. The topological polar surface area (TPSA) is 118 Å². The lowest BCUT2D eigenvalue weighted by molar-refractivity contribution is -0.385. The number of nitro groups is 1. The number of hydrazine groups is 1. The molecule has 0 heterocycles. The van der Waals surface area contributed by atoms with E-state index in [1.54, 1.807) is 0 Å². The summed E-state index contributed by atoms with van der Waals surface area (Å²) in [6, 6.07) is 11.4. The maximum atomic E-state index is 12.2. The molecule has 0 atom stereocenters. The van der Waals surface area contributed by atoms with Crippen molar-refractivity contribution < 1.29 is 18.1 Å². The third kappa shape index (κ3) is 6.05. The van der Waals surface area contributed by atoms with Gasteiger partial charge in [-0.2, -0.15) is 0 Å². The number of hydrogen-bond acceptors (Lipinski definition) is 6. The van der Waals surface area contributed by atoms with Gasteiger partial charge in [-0.3, -0.25) is 20.3 Å². The Kier molecular flexibility index (Phi) is 6.94. The molecule has 10 heteroatoms. The Hall–Kier alpha value is -2.43. The first-order valence-electron chi connectivity index (χ1n) is 7.88. The van der Waals surface area contributed by atoms with E-state index >= 15 is 0 Å². The molecule has 8 nitrogen and oxygen atoms in total. The molecule has 0 unspecified atom stereocenters. The second kappa shape index (κ2) is 8.98. The SMILES string of the molecule is Cc1ccc(CSCC(=O)NNS(=O)(=O)c2ccc(C)c([N+](=O)[O-])c2)cc1. The van der Waals surface area contributed by atoms with Crippen LogP contribution in [0.1, 0.15) is 16.7 Å². The predicted molar refractivity (Wildman–Crippen MR) is 104 cm³/mol. The van der Waals surface area contributed by atoms with Gasteiger partial charge in [-0.1, -0.05) is 35.9 Å². The minimum absolute atomic E-state index is 0.0600. The molecule has 0 saturated heterocycles. The van der Waals surface area contributed by atoms with Gasteiger partial charge in [-0.15, -0.1) is 16.6 Å². The van der Waals surface area contributed by atoms with E-state index in [1.165, 1.54) is 30.8 Å². The molecule has 0 bridgehead atoms. The number of nitro benzene ring substituents is 1. The maximum absolute atomic E-state index is 12.2. The summed E-state index contributed by atoms with van der Waals surface area (Å²) in [5, 5.41) is 10.9. The second-order valence-corrected chi connectivity index (χ2v) is 8.51. The quantitative estimate of drug-likeness (QED) is 0.511. The fourth-order valence-corrected chi connectivity index (χ4v) is 3.79. The number of sulfonamides is 1. The van der Waals surface area contributed by atoms with Crippen molar-refractivity contribution in [3.63, 3.8) is 0 Å². The summed E-state index contributed by atoms with van der Waals surface area (Å²) in [5.74, 6) is 0.159. The van der Waals surface area contributed by atoms with Crippen LogP contribution in [0.15, 0.2) is 47.4 Å². The fraction of sp³-hybridized carbons (Fsp3) is 0.235. The summed E-state index contributed by atoms with van der Waals surface area (Å²) >= 11 is 1.34. The molecule has 144 valence electrons. The lowest BCUT2D eigenvalue weighted by atomic mass is 10.2. The average Bonchev–Trinajstić information content (AvgIpc) is 2.62. The standard InChI is InChI=1S/C17H19N3O5S2/c1-12-3-6-14(7-4-12)10-26-11-17(21)18-19-27(24,25)15-8-5-13(2)16(9-15)20(22)23/h3-9,19H,10-11H2,1-2H3,(H,18,21). The second-order valence-electron chi connectivity index (χ2n) is 5.84. The van der Waals surface area contributed by atoms with Gasteiger partial charge < -0.3 is 0 Å². The first-order chi connectivity index (χ1) is 12.7. The van der Waals surface area contributed by atoms with Crippen LogP contribution in [0.2, 0.25) is 0 Å². The molecule has 27 heavy (non-hydrogen) atoms. The van der Waals surface area contributed by atoms with Gasteiger partial charge in [0.15, 0.2) is 0 Å². The summed E-state index contributed by atoms with van der Waals surface area (Å²) < 4.78 is 24.4. The van der Waals surface area contributed by atoms with Crippen molar-refractivity contribution in [2.24, 2.45) is 0 Å². The van der Waals surface area contributed by atoms with Crippen molar-refractivity contribution in [2.75, 3.05) is 5.75 Å². The van der Waals surface area contributed by atoms with Gasteiger partial charge in [0.2, 0.25) is 5.91 Å². The van der Waals surface area contributed by atoms with Gasteiger partial charge in [0.1, 0.15) is 0 Å². The van der Waals surface area contributed by atoms with Crippen molar-refractivity contribution in [1.29, 1.82) is 0 Å². The lowest BCUT2D eigenvalue weighted by Crippen LogP contribution is -2.42. The van der Waals surface area contributed by atoms with Crippen LogP contribution in [0.5, 0.6) is 0 Å². The number of benzene rings is 2. The average molecular weight is 409 g/mol. The smallest absolute Gasteiger partial charge is 0.273 e. The maximum Gasteiger partial charge on any atom is 0.273 e. The number of nitrogens with one attached hydrogen (secondary N) is 2. The van der Waals surface area contributed by atoms with E-state index in [2.05, 4.69) is 5.43 Å². The van der Waals surface area contributed by atoms with E-state index < -0.39 is 20.9 Å². The van der Waals surface area contributed by atoms with Crippen LogP contribution < -0.4 is 10.3 Å². The number of carbonyl (C=O) groups is 1. The molecule has 0 aliphatic rings. The Balaban J connectivity index is 1.89. The number of nitrogens with zero attached hydrogens (tertiary/aromatic N) is 1. The van der Waals surface area contributed by atoms with Crippen LogP contribution in [0.4, 0.5) is 5.69 Å². The molecule has 0 saturated carbocycles. The van der Waals surface area contributed by atoms with Crippen LogP contribution in [-0.2, 0) is 20.6 Å². The fourth-order valence-electron chi connectivity index (χ4n) is 2.12. The summed E-state index contributed by atoms with van der Waals surface area (Å²) in [6.07, 6.45) is 0. The molecule has 0 radical (unpaired) electrons. The van der Waals surface area contributed by atoms with Crippen LogP contribution >= 0.6 is 11.8 Å². The van der Waals surface area contributed by atoms with E-state index in [-0.39, 0.29) is 16.3 Å². The minimum Gasteiger partial charge on any atom is -0.277 e. The van der Waals surface area contributed by atoms with Gasteiger partial charge in [0.25, 0.3) is 15.7 Å². The molecule has 0 spiro atoms. The molecule has 2 aromatic rings. The Labute approximate surface area is 161 Å². The Morgan fingerprint density at radius 3 is 2.44 bits per heavy atom. The number of carbonyl (C=O) groups excluding carboxylic acids is 1. The van der Waals surface area contributed by atoms with E-state index in [1.807, 2.05) is 36.0 Å². The highest BCUT2D eigenvalue weighted by Gasteiger charge is 2.20. The zero-order valence-corrected chi connectivity index (χ0v) is 16.4. The van der Waals surface area contributed by atoms with E-state index in [4.69, 9.17) is 0 Å². The number of amides is 1.